The molecule has 1 aromatic carbocycles. The molecule has 0 saturated heterocycles. The van der Waals surface area contributed by atoms with Gasteiger partial charge in [0.25, 0.3) is 0 Å². The molecule has 4 N–H and O–H groups in total. The zero-order valence-electron chi connectivity index (χ0n) is 11.2. The Morgan fingerprint density at radius 3 is 2.47 bits per heavy atom. The Labute approximate surface area is 119 Å². The van der Waals surface area contributed by atoms with Crippen molar-refractivity contribution in [2.45, 2.75) is 19.4 Å². The average Bonchev–Trinajstić information content (AvgIpc) is 2.23. The topological polar surface area (TPSA) is 84.2 Å². The van der Waals surface area contributed by atoms with E-state index in [4.69, 9.17) is 18.0 Å². The fourth-order valence-electron chi connectivity index (χ4n) is 1.71. The maximum absolute atomic E-state index is 11.3. The molecule has 0 aliphatic heterocycles. The molecule has 0 aliphatic carbocycles. The number of nitrogens with one attached hydrogen (secondary N) is 2. The zero-order chi connectivity index (χ0) is 14.7. The Morgan fingerprint density at radius 2 is 1.95 bits per heavy atom. The summed E-state index contributed by atoms with van der Waals surface area (Å²) in [6.07, 6.45) is 1.14. The van der Waals surface area contributed by atoms with E-state index < -0.39 is 15.6 Å². The van der Waals surface area contributed by atoms with Crippen molar-refractivity contribution >= 4 is 32.9 Å². The summed E-state index contributed by atoms with van der Waals surface area (Å²) in [6.45, 7) is 4.01. The van der Waals surface area contributed by atoms with Crippen LogP contribution in [0.4, 0.5) is 5.69 Å². The molecule has 0 fully saturated rings. The van der Waals surface area contributed by atoms with Gasteiger partial charge in [-0.3, -0.25) is 0 Å². The molecule has 19 heavy (non-hydrogen) atoms. The van der Waals surface area contributed by atoms with E-state index in [1.54, 1.807) is 13.8 Å². The molecule has 0 amide bonds. The number of rotatable bonds is 6. The standard InChI is InChI=1S/C12H19N3O2S2/c1-12(2,15-19(3,16)17)8-14-10-7-5-4-6-9(10)11(13)18/h4-7,14-15H,8H2,1-3H3,(H2,13,18). The highest BCUT2D eigenvalue weighted by atomic mass is 32.2. The van der Waals surface area contributed by atoms with Crippen LogP contribution in [-0.2, 0) is 10.0 Å². The molecule has 1 aromatic rings. The van der Waals surface area contributed by atoms with E-state index in [-0.39, 0.29) is 0 Å². The van der Waals surface area contributed by atoms with Gasteiger partial charge >= 0.3 is 0 Å². The predicted molar refractivity (Wildman–Crippen MR) is 82.9 cm³/mol. The van der Waals surface area contributed by atoms with Crippen LogP contribution >= 0.6 is 12.2 Å². The molecule has 1 rings (SSSR count). The minimum absolute atomic E-state index is 0.303. The van der Waals surface area contributed by atoms with Crippen molar-refractivity contribution in [1.82, 2.24) is 4.72 Å². The number of benzene rings is 1. The monoisotopic (exact) mass is 301 g/mol. The molecule has 5 nitrogen and oxygen atoms in total. The fraction of sp³-hybridized carbons (Fsp3) is 0.417. The summed E-state index contributed by atoms with van der Waals surface area (Å²) < 4.78 is 25.1. The molecule has 106 valence electrons. The Hall–Kier alpha value is -1.18. The smallest absolute Gasteiger partial charge is 0.209 e. The van der Waals surface area contributed by atoms with Crippen molar-refractivity contribution in [3.8, 4) is 0 Å². The molecule has 0 bridgehead atoms. The number of nitrogens with two attached hydrogens (primary N) is 1. The van der Waals surface area contributed by atoms with Crippen LogP contribution in [0.3, 0.4) is 0 Å². The SMILES string of the molecule is CC(C)(CNc1ccccc1C(N)=S)NS(C)(=O)=O. The highest BCUT2D eigenvalue weighted by molar-refractivity contribution is 7.88. The van der Waals surface area contributed by atoms with E-state index in [2.05, 4.69) is 10.0 Å². The predicted octanol–water partition coefficient (Wildman–Crippen LogP) is 1.06. The van der Waals surface area contributed by atoms with Crippen LogP contribution in [0.5, 0.6) is 0 Å². The van der Waals surface area contributed by atoms with Crippen LogP contribution in [-0.4, -0.2) is 31.7 Å². The van der Waals surface area contributed by atoms with E-state index in [1.165, 1.54) is 0 Å². The van der Waals surface area contributed by atoms with Crippen molar-refractivity contribution in [3.63, 3.8) is 0 Å². The summed E-state index contributed by atoms with van der Waals surface area (Å²) in [7, 11) is -3.25. The maximum Gasteiger partial charge on any atom is 0.209 e. The van der Waals surface area contributed by atoms with Gasteiger partial charge in [-0.05, 0) is 26.0 Å². The second kappa shape index (κ2) is 5.85. The van der Waals surface area contributed by atoms with Crippen LogP contribution in [0, 0.1) is 0 Å². The highest BCUT2D eigenvalue weighted by Gasteiger charge is 2.22. The Morgan fingerprint density at radius 1 is 1.37 bits per heavy atom. The third-order valence-corrected chi connectivity index (χ3v) is 3.52. The van der Waals surface area contributed by atoms with E-state index in [1.807, 2.05) is 24.3 Å². The average molecular weight is 301 g/mol. The van der Waals surface area contributed by atoms with Crippen molar-refractivity contribution in [3.05, 3.63) is 29.8 Å². The Kier molecular flexibility index (Phi) is 4.89. The molecular weight excluding hydrogens is 282 g/mol. The van der Waals surface area contributed by atoms with Crippen LogP contribution < -0.4 is 15.8 Å². The molecule has 0 radical (unpaired) electrons. The Balaban J connectivity index is 2.80. The lowest BCUT2D eigenvalue weighted by Gasteiger charge is -2.26. The highest BCUT2D eigenvalue weighted by Crippen LogP contribution is 2.16. The molecular formula is C12H19N3O2S2. The van der Waals surface area contributed by atoms with E-state index in [0.717, 1.165) is 17.5 Å². The summed E-state index contributed by atoms with van der Waals surface area (Å²) in [5.74, 6) is 0. The summed E-state index contributed by atoms with van der Waals surface area (Å²) in [5, 5.41) is 3.16. The van der Waals surface area contributed by atoms with Gasteiger partial charge in [0.1, 0.15) is 4.99 Å². The van der Waals surface area contributed by atoms with Gasteiger partial charge in [-0.25, -0.2) is 13.1 Å². The molecule has 0 unspecified atom stereocenters. The first-order chi connectivity index (χ1) is 8.61. The lowest BCUT2D eigenvalue weighted by Crippen LogP contribution is -2.47. The first-order valence-electron chi connectivity index (χ1n) is 5.72. The van der Waals surface area contributed by atoms with E-state index >= 15 is 0 Å². The van der Waals surface area contributed by atoms with Gasteiger partial charge in [-0.2, -0.15) is 0 Å². The summed E-state index contributed by atoms with van der Waals surface area (Å²) in [6, 6.07) is 7.38. The number of thiocarbonyl (C=S) groups is 1. The van der Waals surface area contributed by atoms with Gasteiger partial charge < -0.3 is 11.1 Å². The number of anilines is 1. The third-order valence-electron chi connectivity index (χ3n) is 2.37. The molecule has 7 heteroatoms. The van der Waals surface area contributed by atoms with Crippen LogP contribution in [0.25, 0.3) is 0 Å². The molecule has 0 saturated carbocycles. The molecule has 0 heterocycles. The van der Waals surface area contributed by atoms with Crippen LogP contribution in [0.2, 0.25) is 0 Å². The third kappa shape index (κ3) is 5.54. The number of sulfonamides is 1. The van der Waals surface area contributed by atoms with Gasteiger partial charge in [-0.1, -0.05) is 24.4 Å². The largest absolute Gasteiger partial charge is 0.389 e. The van der Waals surface area contributed by atoms with E-state index in [0.29, 0.717) is 11.5 Å². The number of hydrogen-bond donors (Lipinski definition) is 3. The van der Waals surface area contributed by atoms with Gasteiger partial charge in [0, 0.05) is 23.3 Å². The molecule has 0 aromatic heterocycles. The summed E-state index contributed by atoms with van der Waals surface area (Å²) in [5.41, 5.74) is 6.55. The second-order valence-electron chi connectivity index (χ2n) is 5.02. The normalized spacial score (nSPS) is 12.2. The molecule has 0 atom stereocenters. The van der Waals surface area contributed by atoms with Gasteiger partial charge in [0.2, 0.25) is 10.0 Å². The minimum atomic E-state index is -3.25. The van der Waals surface area contributed by atoms with Gasteiger partial charge in [0.05, 0.1) is 6.26 Å². The van der Waals surface area contributed by atoms with Crippen molar-refractivity contribution in [2.75, 3.05) is 18.1 Å². The zero-order valence-corrected chi connectivity index (χ0v) is 12.9. The van der Waals surface area contributed by atoms with Crippen LogP contribution in [0.15, 0.2) is 24.3 Å². The van der Waals surface area contributed by atoms with Crippen LogP contribution in [0.1, 0.15) is 19.4 Å². The first-order valence-corrected chi connectivity index (χ1v) is 8.02. The maximum atomic E-state index is 11.3. The second-order valence-corrected chi connectivity index (χ2v) is 7.21. The van der Waals surface area contributed by atoms with Gasteiger partial charge in [-0.15, -0.1) is 0 Å². The number of para-hydroxylation sites is 1. The fourth-order valence-corrected chi connectivity index (χ4v) is 2.96. The lowest BCUT2D eigenvalue weighted by molar-refractivity contribution is 0.476. The minimum Gasteiger partial charge on any atom is -0.389 e. The summed E-state index contributed by atoms with van der Waals surface area (Å²) >= 11 is 4.97. The van der Waals surface area contributed by atoms with Crippen molar-refractivity contribution in [1.29, 1.82) is 0 Å². The van der Waals surface area contributed by atoms with E-state index in [9.17, 15) is 8.42 Å². The van der Waals surface area contributed by atoms with Crippen molar-refractivity contribution in [2.24, 2.45) is 5.73 Å². The molecule has 0 aliphatic rings. The Bertz CT molecular complexity index is 568. The number of hydrogen-bond acceptors (Lipinski definition) is 4. The first kappa shape index (κ1) is 15.9. The van der Waals surface area contributed by atoms with Gasteiger partial charge in [0.15, 0.2) is 0 Å². The quantitative estimate of drug-likeness (QED) is 0.684. The van der Waals surface area contributed by atoms with Crippen molar-refractivity contribution < 1.29 is 8.42 Å². The summed E-state index contributed by atoms with van der Waals surface area (Å²) in [4.78, 5) is 0.303. The molecule has 0 spiro atoms. The lowest BCUT2D eigenvalue weighted by atomic mass is 10.1.